The molecule has 98 valence electrons. The molecule has 2 N–H and O–H groups in total. The van der Waals surface area contributed by atoms with Crippen LogP contribution in [-0.4, -0.2) is 47.3 Å². The number of rotatable bonds is 2. The zero-order valence-electron chi connectivity index (χ0n) is 11.3. The number of piperidine rings is 1. The lowest BCUT2D eigenvalue weighted by molar-refractivity contribution is -0.0788. The third kappa shape index (κ3) is 1.83. The van der Waals surface area contributed by atoms with Gasteiger partial charge < -0.3 is 15.3 Å². The van der Waals surface area contributed by atoms with Gasteiger partial charge in [0, 0.05) is 29.6 Å². The van der Waals surface area contributed by atoms with E-state index >= 15 is 0 Å². The lowest BCUT2D eigenvalue weighted by Crippen LogP contribution is -2.63. The molecule has 2 heterocycles. The summed E-state index contributed by atoms with van der Waals surface area (Å²) in [5.74, 6) is 0. The van der Waals surface area contributed by atoms with E-state index in [0.29, 0.717) is 12.1 Å². The van der Waals surface area contributed by atoms with Gasteiger partial charge in [0.2, 0.25) is 0 Å². The van der Waals surface area contributed by atoms with Gasteiger partial charge in [0.1, 0.15) is 0 Å². The molecule has 2 saturated heterocycles. The second-order valence-corrected chi connectivity index (χ2v) is 7.01. The Balaban J connectivity index is 1.58. The summed E-state index contributed by atoms with van der Waals surface area (Å²) < 4.78 is 0. The number of hydrogen-bond donors (Lipinski definition) is 2. The molecular weight excluding hydrogens is 212 g/mol. The van der Waals surface area contributed by atoms with Gasteiger partial charge in [-0.1, -0.05) is 13.8 Å². The topological polar surface area (TPSA) is 35.5 Å². The number of aliphatic hydroxyl groups excluding tert-OH is 1. The fraction of sp³-hybridized carbons (Fsp3) is 1.00. The summed E-state index contributed by atoms with van der Waals surface area (Å²) in [6.07, 6.45) is 6.20. The molecule has 4 atom stereocenters. The number of hydrogen-bond acceptors (Lipinski definition) is 3. The third-order valence-electron chi connectivity index (χ3n) is 5.75. The first-order valence-electron chi connectivity index (χ1n) is 7.14. The second-order valence-electron chi connectivity index (χ2n) is 7.01. The van der Waals surface area contributed by atoms with Crippen LogP contribution in [0.2, 0.25) is 0 Å². The van der Waals surface area contributed by atoms with Crippen LogP contribution in [0.15, 0.2) is 0 Å². The zero-order chi connectivity index (χ0) is 12.2. The molecule has 0 aromatic rings. The first-order valence-corrected chi connectivity index (χ1v) is 7.14. The van der Waals surface area contributed by atoms with Gasteiger partial charge in [0.05, 0.1) is 6.10 Å². The maximum absolute atomic E-state index is 9.79. The Morgan fingerprint density at radius 1 is 1.12 bits per heavy atom. The highest BCUT2D eigenvalue weighted by molar-refractivity contribution is 5.05. The van der Waals surface area contributed by atoms with E-state index in [9.17, 15) is 5.11 Å². The van der Waals surface area contributed by atoms with Gasteiger partial charge in [-0.2, -0.15) is 0 Å². The van der Waals surface area contributed by atoms with Crippen molar-refractivity contribution in [1.82, 2.24) is 10.2 Å². The summed E-state index contributed by atoms with van der Waals surface area (Å²) in [6, 6.07) is 2.81. The number of nitrogens with zero attached hydrogens (tertiary/aromatic N) is 1. The molecule has 0 radical (unpaired) electrons. The molecule has 1 aliphatic carbocycles. The summed E-state index contributed by atoms with van der Waals surface area (Å²) in [6.45, 7) is 4.37. The van der Waals surface area contributed by atoms with Gasteiger partial charge in [-0.25, -0.2) is 0 Å². The Hall–Kier alpha value is -0.120. The van der Waals surface area contributed by atoms with Crippen LogP contribution >= 0.6 is 0 Å². The van der Waals surface area contributed by atoms with E-state index in [1.165, 1.54) is 25.7 Å². The summed E-state index contributed by atoms with van der Waals surface area (Å²) in [7, 11) is 2.29. The molecule has 3 fully saturated rings. The molecule has 0 aromatic carbocycles. The smallest absolute Gasteiger partial charge is 0.0621 e. The Morgan fingerprint density at radius 2 is 1.71 bits per heavy atom. The van der Waals surface area contributed by atoms with E-state index in [1.807, 2.05) is 0 Å². The summed E-state index contributed by atoms with van der Waals surface area (Å²) in [4.78, 5) is 2.58. The van der Waals surface area contributed by atoms with E-state index in [-0.39, 0.29) is 11.5 Å². The van der Waals surface area contributed by atoms with Crippen molar-refractivity contribution in [2.45, 2.75) is 76.2 Å². The van der Waals surface area contributed by atoms with E-state index in [2.05, 4.69) is 31.1 Å². The molecule has 2 bridgehead atoms. The van der Waals surface area contributed by atoms with Crippen molar-refractivity contribution in [1.29, 1.82) is 0 Å². The monoisotopic (exact) mass is 238 g/mol. The molecule has 4 unspecified atom stereocenters. The highest BCUT2D eigenvalue weighted by Crippen LogP contribution is 2.42. The first kappa shape index (κ1) is 11.9. The number of fused-ring (bicyclic) bond motifs is 2. The Kier molecular flexibility index (Phi) is 2.77. The molecule has 3 rings (SSSR count). The molecule has 0 amide bonds. The van der Waals surface area contributed by atoms with Crippen LogP contribution in [0, 0.1) is 5.41 Å². The quantitative estimate of drug-likeness (QED) is 0.762. The minimum atomic E-state index is -0.108. The summed E-state index contributed by atoms with van der Waals surface area (Å²) >= 11 is 0. The van der Waals surface area contributed by atoms with Crippen molar-refractivity contribution < 1.29 is 5.11 Å². The van der Waals surface area contributed by atoms with Gasteiger partial charge >= 0.3 is 0 Å². The fourth-order valence-electron chi connectivity index (χ4n) is 4.02. The molecule has 1 saturated carbocycles. The second kappa shape index (κ2) is 3.94. The first-order chi connectivity index (χ1) is 7.98. The van der Waals surface area contributed by atoms with Crippen molar-refractivity contribution in [3.63, 3.8) is 0 Å². The van der Waals surface area contributed by atoms with E-state index in [0.717, 1.165) is 18.5 Å². The van der Waals surface area contributed by atoms with Gasteiger partial charge in [0.25, 0.3) is 0 Å². The maximum atomic E-state index is 9.79. The maximum Gasteiger partial charge on any atom is 0.0621 e. The van der Waals surface area contributed by atoms with Gasteiger partial charge in [-0.3, -0.25) is 0 Å². The van der Waals surface area contributed by atoms with Crippen LogP contribution < -0.4 is 5.32 Å². The minimum absolute atomic E-state index is 0.0718. The highest BCUT2D eigenvalue weighted by Gasteiger charge is 2.49. The average Bonchev–Trinajstić information content (AvgIpc) is 2.53. The lowest BCUT2D eigenvalue weighted by Gasteiger charge is -2.52. The van der Waals surface area contributed by atoms with E-state index in [1.54, 1.807) is 0 Å². The van der Waals surface area contributed by atoms with Crippen molar-refractivity contribution in [3.05, 3.63) is 0 Å². The number of nitrogens with one attached hydrogen (secondary N) is 1. The molecule has 3 heteroatoms. The van der Waals surface area contributed by atoms with Gasteiger partial charge in [-0.15, -0.1) is 0 Å². The van der Waals surface area contributed by atoms with Crippen molar-refractivity contribution in [2.75, 3.05) is 7.05 Å². The standard InChI is InChI=1S/C14H26N2O/c1-14(2)12(8-13(14)17)15-9-6-10-4-5-11(7-9)16(10)3/h9-13,15,17H,4-8H2,1-3H3. The predicted molar refractivity (Wildman–Crippen MR) is 68.9 cm³/mol. The molecule has 2 aliphatic heterocycles. The van der Waals surface area contributed by atoms with Crippen LogP contribution in [0.1, 0.15) is 46.0 Å². The fourth-order valence-corrected chi connectivity index (χ4v) is 4.02. The highest BCUT2D eigenvalue weighted by atomic mass is 16.3. The van der Waals surface area contributed by atoms with Crippen LogP contribution in [0.5, 0.6) is 0 Å². The Morgan fingerprint density at radius 3 is 2.18 bits per heavy atom. The third-order valence-corrected chi connectivity index (χ3v) is 5.75. The minimum Gasteiger partial charge on any atom is -0.392 e. The van der Waals surface area contributed by atoms with Crippen molar-refractivity contribution >= 4 is 0 Å². The SMILES string of the molecule is CN1C2CCC1CC(NC1CC(O)C1(C)C)C2. The summed E-state index contributed by atoms with van der Waals surface area (Å²) in [5, 5.41) is 13.6. The summed E-state index contributed by atoms with van der Waals surface area (Å²) in [5.41, 5.74) is 0.0718. The predicted octanol–water partition coefficient (Wildman–Crippen LogP) is 1.36. The van der Waals surface area contributed by atoms with Gasteiger partial charge in [0.15, 0.2) is 0 Å². The van der Waals surface area contributed by atoms with E-state index in [4.69, 9.17) is 0 Å². The normalized spacial score (nSPS) is 49.1. The largest absolute Gasteiger partial charge is 0.392 e. The molecular formula is C14H26N2O. The Labute approximate surface area is 105 Å². The molecule has 3 nitrogen and oxygen atoms in total. The number of aliphatic hydroxyl groups is 1. The average molecular weight is 238 g/mol. The molecule has 0 aromatic heterocycles. The Bertz CT molecular complexity index is 291. The van der Waals surface area contributed by atoms with Crippen LogP contribution in [-0.2, 0) is 0 Å². The van der Waals surface area contributed by atoms with E-state index < -0.39 is 0 Å². The van der Waals surface area contributed by atoms with Crippen LogP contribution in [0.25, 0.3) is 0 Å². The van der Waals surface area contributed by atoms with Crippen LogP contribution in [0.3, 0.4) is 0 Å². The molecule has 3 aliphatic rings. The van der Waals surface area contributed by atoms with Crippen LogP contribution in [0.4, 0.5) is 0 Å². The lowest BCUT2D eigenvalue weighted by atomic mass is 9.64. The van der Waals surface area contributed by atoms with Crippen molar-refractivity contribution in [2.24, 2.45) is 5.41 Å². The van der Waals surface area contributed by atoms with Gasteiger partial charge in [-0.05, 0) is 39.2 Å². The van der Waals surface area contributed by atoms with Crippen molar-refractivity contribution in [3.8, 4) is 0 Å². The molecule has 17 heavy (non-hydrogen) atoms. The zero-order valence-corrected chi connectivity index (χ0v) is 11.3. The molecule has 0 spiro atoms.